The molecule has 3 heterocycles. The highest BCUT2D eigenvalue weighted by molar-refractivity contribution is 7.98. The van der Waals surface area contributed by atoms with Crippen LogP contribution in [0.15, 0.2) is 94.8 Å². The molecule has 0 fully saturated rings. The second kappa shape index (κ2) is 11.0. The van der Waals surface area contributed by atoms with Gasteiger partial charge in [0.2, 0.25) is 5.89 Å². The molecule has 0 saturated carbocycles. The molecular formula is C26H21FN6O2S. The lowest BCUT2D eigenvalue weighted by molar-refractivity contribution is 0.0949. The predicted molar refractivity (Wildman–Crippen MR) is 133 cm³/mol. The van der Waals surface area contributed by atoms with Gasteiger partial charge in [0.1, 0.15) is 12.1 Å². The van der Waals surface area contributed by atoms with Gasteiger partial charge in [-0.3, -0.25) is 14.3 Å². The number of nitrogens with zero attached hydrogens (tertiary/aromatic N) is 5. The van der Waals surface area contributed by atoms with E-state index in [1.807, 2.05) is 48.5 Å². The number of halogens is 1. The number of pyridine rings is 1. The average Bonchev–Trinajstić information content (AvgIpc) is 3.56. The number of benzene rings is 2. The van der Waals surface area contributed by atoms with E-state index in [1.165, 1.54) is 24.1 Å². The first-order valence-electron chi connectivity index (χ1n) is 11.2. The number of hydrogen-bond donors (Lipinski definition) is 1. The lowest BCUT2D eigenvalue weighted by Gasteiger charge is -2.10. The van der Waals surface area contributed by atoms with Crippen LogP contribution in [0.2, 0.25) is 0 Å². The molecule has 8 nitrogen and oxygen atoms in total. The Morgan fingerprint density at radius 2 is 1.81 bits per heavy atom. The molecule has 1 amide bonds. The van der Waals surface area contributed by atoms with Gasteiger partial charge in [-0.2, -0.15) is 0 Å². The summed E-state index contributed by atoms with van der Waals surface area (Å²) in [4.78, 5) is 21.0. The number of nitrogens with one attached hydrogen (secondary N) is 1. The Hall–Kier alpha value is -4.31. The number of thioether (sulfide) groups is 1. The van der Waals surface area contributed by atoms with Crippen molar-refractivity contribution in [3.63, 3.8) is 0 Å². The van der Waals surface area contributed by atoms with Crippen LogP contribution >= 0.6 is 11.8 Å². The third-order valence-corrected chi connectivity index (χ3v) is 6.17. The SMILES string of the molecule is O=C(NCCc1ccccn1)c1coc(CSc2nnc(-c3ccccc3)n2-c2ccccc2F)n1. The van der Waals surface area contributed by atoms with Crippen LogP contribution in [-0.4, -0.2) is 37.2 Å². The maximum Gasteiger partial charge on any atom is 0.273 e. The Balaban J connectivity index is 1.29. The molecule has 1 N–H and O–H groups in total. The molecule has 5 rings (SSSR count). The van der Waals surface area contributed by atoms with Gasteiger partial charge in [-0.25, -0.2) is 9.37 Å². The van der Waals surface area contributed by atoms with Crippen LogP contribution < -0.4 is 5.32 Å². The number of aromatic nitrogens is 5. The summed E-state index contributed by atoms with van der Waals surface area (Å²) in [5.41, 5.74) is 2.22. The summed E-state index contributed by atoms with van der Waals surface area (Å²) in [5.74, 6) is 0.425. The van der Waals surface area contributed by atoms with Crippen LogP contribution in [-0.2, 0) is 12.2 Å². The molecule has 5 aromatic rings. The minimum Gasteiger partial charge on any atom is -0.447 e. The van der Waals surface area contributed by atoms with Gasteiger partial charge in [0.25, 0.3) is 5.91 Å². The summed E-state index contributed by atoms with van der Waals surface area (Å²) >= 11 is 1.29. The summed E-state index contributed by atoms with van der Waals surface area (Å²) in [5, 5.41) is 11.9. The quantitative estimate of drug-likeness (QED) is 0.292. The van der Waals surface area contributed by atoms with Crippen molar-refractivity contribution < 1.29 is 13.6 Å². The first-order chi connectivity index (χ1) is 17.7. The van der Waals surface area contributed by atoms with Gasteiger partial charge in [-0.15, -0.1) is 10.2 Å². The highest BCUT2D eigenvalue weighted by Gasteiger charge is 2.20. The molecule has 0 bridgehead atoms. The molecule has 0 aliphatic heterocycles. The molecule has 180 valence electrons. The number of hydrogen-bond acceptors (Lipinski definition) is 7. The molecular weight excluding hydrogens is 479 g/mol. The molecule has 2 aromatic carbocycles. The Labute approximate surface area is 210 Å². The Kier molecular flexibility index (Phi) is 7.13. The van der Waals surface area contributed by atoms with E-state index in [0.29, 0.717) is 35.5 Å². The third-order valence-electron chi connectivity index (χ3n) is 5.26. The fourth-order valence-corrected chi connectivity index (χ4v) is 4.33. The van der Waals surface area contributed by atoms with Crippen molar-refractivity contribution in [2.24, 2.45) is 0 Å². The van der Waals surface area contributed by atoms with Crippen LogP contribution in [0.1, 0.15) is 22.1 Å². The van der Waals surface area contributed by atoms with Crippen LogP contribution in [0.3, 0.4) is 0 Å². The van der Waals surface area contributed by atoms with Gasteiger partial charge in [-0.1, -0.05) is 60.3 Å². The zero-order chi connectivity index (χ0) is 24.7. The fourth-order valence-electron chi connectivity index (χ4n) is 3.54. The highest BCUT2D eigenvalue weighted by Crippen LogP contribution is 2.30. The van der Waals surface area contributed by atoms with Gasteiger partial charge < -0.3 is 9.73 Å². The Morgan fingerprint density at radius 1 is 1.00 bits per heavy atom. The van der Waals surface area contributed by atoms with Gasteiger partial charge in [0, 0.05) is 30.4 Å². The van der Waals surface area contributed by atoms with Crippen molar-refractivity contribution >= 4 is 17.7 Å². The van der Waals surface area contributed by atoms with Crippen molar-refractivity contribution in [3.8, 4) is 17.1 Å². The number of carbonyl (C=O) groups is 1. The van der Waals surface area contributed by atoms with E-state index in [4.69, 9.17) is 4.42 Å². The van der Waals surface area contributed by atoms with Gasteiger partial charge in [0.15, 0.2) is 16.7 Å². The topological polar surface area (TPSA) is 98.7 Å². The molecule has 0 unspecified atom stereocenters. The number of amides is 1. The number of oxazole rings is 1. The summed E-state index contributed by atoms with van der Waals surface area (Å²) in [7, 11) is 0. The van der Waals surface area contributed by atoms with Gasteiger partial charge in [0.05, 0.1) is 11.4 Å². The minimum absolute atomic E-state index is 0.187. The molecule has 0 spiro atoms. The van der Waals surface area contributed by atoms with Crippen molar-refractivity contribution in [2.75, 3.05) is 6.54 Å². The second-order valence-corrected chi connectivity index (χ2v) is 8.64. The van der Waals surface area contributed by atoms with Gasteiger partial charge in [-0.05, 0) is 24.3 Å². The van der Waals surface area contributed by atoms with Crippen LogP contribution in [0.25, 0.3) is 17.1 Å². The van der Waals surface area contributed by atoms with E-state index in [0.717, 1.165) is 11.3 Å². The second-order valence-electron chi connectivity index (χ2n) is 7.70. The fraction of sp³-hybridized carbons (Fsp3) is 0.115. The number of para-hydroxylation sites is 1. The summed E-state index contributed by atoms with van der Waals surface area (Å²) in [6, 6.07) is 21.6. The van der Waals surface area contributed by atoms with E-state index in [1.54, 1.807) is 29.0 Å². The van der Waals surface area contributed by atoms with E-state index in [-0.39, 0.29) is 17.4 Å². The smallest absolute Gasteiger partial charge is 0.273 e. The van der Waals surface area contributed by atoms with E-state index in [2.05, 4.69) is 25.5 Å². The maximum absolute atomic E-state index is 14.7. The zero-order valence-corrected chi connectivity index (χ0v) is 19.9. The zero-order valence-electron chi connectivity index (χ0n) is 19.0. The summed E-state index contributed by atoms with van der Waals surface area (Å²) in [6.45, 7) is 0.431. The predicted octanol–water partition coefficient (Wildman–Crippen LogP) is 4.72. The third kappa shape index (κ3) is 5.33. The first-order valence-corrected chi connectivity index (χ1v) is 12.2. The van der Waals surface area contributed by atoms with Crippen molar-refractivity contribution in [3.05, 3.63) is 108 Å². The van der Waals surface area contributed by atoms with Crippen LogP contribution in [0.5, 0.6) is 0 Å². The number of rotatable bonds is 9. The number of carbonyl (C=O) groups excluding carboxylic acids is 1. The van der Waals surface area contributed by atoms with Crippen molar-refractivity contribution in [1.82, 2.24) is 30.0 Å². The average molecular weight is 501 g/mol. The molecule has 0 saturated heterocycles. The molecule has 3 aromatic heterocycles. The standard InChI is InChI=1S/C26H21FN6O2S/c27-20-11-4-5-12-22(20)33-24(18-8-2-1-3-9-18)31-32-26(33)36-17-23-30-21(16-35-23)25(34)29-15-13-19-10-6-7-14-28-19/h1-12,14,16H,13,15,17H2,(H,29,34). The highest BCUT2D eigenvalue weighted by atomic mass is 32.2. The maximum atomic E-state index is 14.7. The minimum atomic E-state index is -0.392. The van der Waals surface area contributed by atoms with E-state index >= 15 is 0 Å². The summed E-state index contributed by atoms with van der Waals surface area (Å²) in [6.07, 6.45) is 3.65. The van der Waals surface area contributed by atoms with Crippen LogP contribution in [0.4, 0.5) is 4.39 Å². The summed E-state index contributed by atoms with van der Waals surface area (Å²) < 4.78 is 21.9. The molecule has 0 aliphatic carbocycles. The molecule has 10 heteroatoms. The van der Waals surface area contributed by atoms with Crippen LogP contribution in [0, 0.1) is 5.82 Å². The molecule has 0 atom stereocenters. The normalized spacial score (nSPS) is 10.9. The molecule has 0 aliphatic rings. The lowest BCUT2D eigenvalue weighted by Crippen LogP contribution is -2.26. The monoisotopic (exact) mass is 500 g/mol. The van der Waals surface area contributed by atoms with Crippen molar-refractivity contribution in [2.45, 2.75) is 17.3 Å². The Morgan fingerprint density at radius 3 is 2.61 bits per heavy atom. The molecule has 36 heavy (non-hydrogen) atoms. The largest absolute Gasteiger partial charge is 0.447 e. The Bertz CT molecular complexity index is 1460. The van der Waals surface area contributed by atoms with Crippen molar-refractivity contribution in [1.29, 1.82) is 0 Å². The first kappa shape index (κ1) is 23.4. The van der Waals surface area contributed by atoms with E-state index < -0.39 is 5.82 Å². The lowest BCUT2D eigenvalue weighted by atomic mass is 10.2. The van der Waals surface area contributed by atoms with Gasteiger partial charge >= 0.3 is 0 Å². The molecule has 0 radical (unpaired) electrons. The van der Waals surface area contributed by atoms with E-state index in [9.17, 15) is 9.18 Å².